The summed E-state index contributed by atoms with van der Waals surface area (Å²) < 4.78 is 1.50. The van der Waals surface area contributed by atoms with Crippen molar-refractivity contribution < 1.29 is 0 Å². The van der Waals surface area contributed by atoms with Gasteiger partial charge in [0.15, 0.2) is 5.49 Å². The number of nitrogens with one attached hydrogen (secondary N) is 4. The molecule has 0 amide bonds. The largest absolute Gasteiger partial charge is 0.376 e. The van der Waals surface area contributed by atoms with Gasteiger partial charge < -0.3 is 10.6 Å². The smallest absolute Gasteiger partial charge is 0.171 e. The molecule has 150 valence electrons. The maximum Gasteiger partial charge on any atom is 0.171 e. The summed E-state index contributed by atoms with van der Waals surface area (Å²) >= 11 is 0. The van der Waals surface area contributed by atoms with E-state index >= 15 is 0 Å². The van der Waals surface area contributed by atoms with Gasteiger partial charge in [-0.2, -0.15) is 4.68 Å². The molecule has 0 atom stereocenters. The minimum Gasteiger partial charge on any atom is -0.376 e. The molecule has 1 aliphatic rings. The van der Waals surface area contributed by atoms with Gasteiger partial charge in [0.25, 0.3) is 0 Å². The number of hydrogen-bond acceptors (Lipinski definition) is 6. The fourth-order valence-electron chi connectivity index (χ4n) is 3.65. The van der Waals surface area contributed by atoms with Gasteiger partial charge in [-0.15, -0.1) is 5.10 Å². The lowest BCUT2D eigenvalue weighted by Crippen LogP contribution is -2.35. The minimum atomic E-state index is 0.189. The molecule has 4 N–H and O–H groups in total. The van der Waals surface area contributed by atoms with E-state index in [2.05, 4.69) is 34.6 Å². The molecular formula is C21H31N7. The number of rotatable bonds is 8. The number of aromatic nitrogens is 3. The van der Waals surface area contributed by atoms with E-state index in [9.17, 15) is 0 Å². The molecule has 0 unspecified atom stereocenters. The molecule has 0 spiro atoms. The van der Waals surface area contributed by atoms with Crippen molar-refractivity contribution in [2.45, 2.75) is 65.0 Å². The molecule has 1 saturated carbocycles. The first kappa shape index (κ1) is 20.0. The molecule has 7 nitrogen and oxygen atoms in total. The Labute approximate surface area is 166 Å². The van der Waals surface area contributed by atoms with Gasteiger partial charge in [-0.05, 0) is 37.8 Å². The first-order valence-electron chi connectivity index (χ1n) is 10.3. The van der Waals surface area contributed by atoms with Crippen LogP contribution in [-0.2, 0) is 6.54 Å². The molecule has 28 heavy (non-hydrogen) atoms. The van der Waals surface area contributed by atoms with Crippen LogP contribution in [0.5, 0.6) is 0 Å². The summed E-state index contributed by atoms with van der Waals surface area (Å²) in [6.45, 7) is 4.82. The van der Waals surface area contributed by atoms with Gasteiger partial charge in [-0.3, -0.25) is 15.8 Å². The fraction of sp³-hybridized carbons (Fsp3) is 0.524. The molecule has 3 rings (SSSR count). The van der Waals surface area contributed by atoms with Crippen molar-refractivity contribution in [3.63, 3.8) is 0 Å². The Bertz CT molecular complexity index is 834. The maximum absolute atomic E-state index is 8.64. The Kier molecular flexibility index (Phi) is 6.79. The van der Waals surface area contributed by atoms with Gasteiger partial charge >= 0.3 is 0 Å². The van der Waals surface area contributed by atoms with Crippen molar-refractivity contribution in [1.29, 1.82) is 10.8 Å². The van der Waals surface area contributed by atoms with E-state index < -0.39 is 0 Å². The van der Waals surface area contributed by atoms with Gasteiger partial charge in [-0.1, -0.05) is 32.8 Å². The molecule has 2 aromatic rings. The summed E-state index contributed by atoms with van der Waals surface area (Å²) in [6, 6.07) is 7.99. The third-order valence-corrected chi connectivity index (χ3v) is 5.45. The number of nitrogens with zero attached hydrogens (tertiary/aromatic N) is 3. The van der Waals surface area contributed by atoms with Crippen LogP contribution >= 0.6 is 0 Å². The molecular weight excluding hydrogens is 350 g/mol. The molecule has 2 heterocycles. The Morgan fingerprint density at radius 3 is 2.64 bits per heavy atom. The normalized spacial score (nSPS) is 14.4. The maximum atomic E-state index is 8.64. The third-order valence-electron chi connectivity index (χ3n) is 5.45. The van der Waals surface area contributed by atoms with Crippen LogP contribution in [0.1, 0.15) is 58.1 Å². The zero-order valence-corrected chi connectivity index (χ0v) is 16.8. The van der Waals surface area contributed by atoms with Crippen molar-refractivity contribution in [3.8, 4) is 0 Å². The lowest BCUT2D eigenvalue weighted by molar-refractivity contribution is 0.644. The number of anilines is 2. The Morgan fingerprint density at radius 2 is 2.00 bits per heavy atom. The van der Waals surface area contributed by atoms with Crippen molar-refractivity contribution in [2.75, 3.05) is 10.6 Å². The van der Waals surface area contributed by atoms with Crippen LogP contribution in [-0.4, -0.2) is 26.6 Å². The van der Waals surface area contributed by atoms with Crippen LogP contribution in [0.2, 0.25) is 0 Å². The molecule has 0 saturated heterocycles. The predicted octanol–water partition coefficient (Wildman–Crippen LogP) is 3.99. The molecule has 1 fully saturated rings. The highest BCUT2D eigenvalue weighted by Gasteiger charge is 2.23. The number of pyridine rings is 1. The highest BCUT2D eigenvalue weighted by atomic mass is 15.3. The van der Waals surface area contributed by atoms with E-state index in [1.807, 2.05) is 24.3 Å². The van der Waals surface area contributed by atoms with Crippen LogP contribution in [0, 0.1) is 16.7 Å². The Balaban J connectivity index is 1.90. The van der Waals surface area contributed by atoms with Gasteiger partial charge in [0.05, 0.1) is 17.9 Å². The highest BCUT2D eigenvalue weighted by Crippen LogP contribution is 2.26. The molecule has 1 aliphatic carbocycles. The second kappa shape index (κ2) is 9.48. The molecule has 0 bridgehead atoms. The van der Waals surface area contributed by atoms with E-state index in [0.29, 0.717) is 29.9 Å². The van der Waals surface area contributed by atoms with Crippen molar-refractivity contribution in [2.24, 2.45) is 5.92 Å². The minimum absolute atomic E-state index is 0.189. The van der Waals surface area contributed by atoms with E-state index in [0.717, 1.165) is 44.2 Å². The van der Waals surface area contributed by atoms with Crippen LogP contribution in [0.25, 0.3) is 0 Å². The molecule has 2 aromatic heterocycles. The first-order chi connectivity index (χ1) is 13.6. The first-order valence-corrected chi connectivity index (χ1v) is 10.3. The second-order valence-corrected chi connectivity index (χ2v) is 7.40. The molecule has 7 heteroatoms. The topological polar surface area (TPSA) is 102 Å². The van der Waals surface area contributed by atoms with Crippen LogP contribution < -0.4 is 16.1 Å². The van der Waals surface area contributed by atoms with E-state index in [1.165, 1.54) is 4.68 Å². The van der Waals surface area contributed by atoms with Crippen LogP contribution in [0.15, 0.2) is 30.5 Å². The van der Waals surface area contributed by atoms with Crippen molar-refractivity contribution in [1.82, 2.24) is 14.8 Å². The van der Waals surface area contributed by atoms with Gasteiger partial charge in [0.1, 0.15) is 11.7 Å². The lowest BCUT2D eigenvalue weighted by Gasteiger charge is -2.20. The Morgan fingerprint density at radius 1 is 1.25 bits per heavy atom. The van der Waals surface area contributed by atoms with E-state index in [4.69, 9.17) is 10.8 Å². The fourth-order valence-corrected chi connectivity index (χ4v) is 3.65. The monoisotopic (exact) mass is 381 g/mol. The second-order valence-electron chi connectivity index (χ2n) is 7.40. The van der Waals surface area contributed by atoms with Gasteiger partial charge in [0, 0.05) is 24.2 Å². The van der Waals surface area contributed by atoms with Crippen LogP contribution in [0.4, 0.5) is 11.5 Å². The van der Waals surface area contributed by atoms with Crippen molar-refractivity contribution >= 4 is 17.3 Å². The third kappa shape index (κ3) is 4.77. The predicted molar refractivity (Wildman–Crippen MR) is 113 cm³/mol. The average Bonchev–Trinajstić information content (AvgIpc) is 3.27. The SMILES string of the molecule is CCC(CC)Nc1cc(NCc2ccccn2)c(=N)n(C(=N)C2CCCC2)n1. The van der Waals surface area contributed by atoms with E-state index in [-0.39, 0.29) is 11.4 Å². The summed E-state index contributed by atoms with van der Waals surface area (Å²) in [5.74, 6) is 1.32. The quantitative estimate of drug-likeness (QED) is 0.410. The van der Waals surface area contributed by atoms with E-state index in [1.54, 1.807) is 6.20 Å². The van der Waals surface area contributed by atoms with Gasteiger partial charge in [0.2, 0.25) is 0 Å². The summed E-state index contributed by atoms with van der Waals surface area (Å²) in [4.78, 5) is 4.34. The number of hydrogen-bond donors (Lipinski definition) is 4. The zero-order valence-electron chi connectivity index (χ0n) is 16.8. The highest BCUT2D eigenvalue weighted by molar-refractivity contribution is 5.83. The summed E-state index contributed by atoms with van der Waals surface area (Å²) in [6.07, 6.45) is 8.08. The van der Waals surface area contributed by atoms with Gasteiger partial charge in [-0.25, -0.2) is 0 Å². The molecule has 0 aromatic carbocycles. The standard InChI is InChI=1S/C21H31N7/c1-3-16(4-2)26-19-13-18(25-14-17-11-7-8-12-24-17)21(23)28(27-19)20(22)15-9-5-6-10-15/h7-8,11-13,15-16,22-23,25H,3-6,9-10,14H2,1-2H3,(H,26,27). The molecule has 0 radical (unpaired) electrons. The summed E-state index contributed by atoms with van der Waals surface area (Å²) in [5, 5.41) is 28.7. The Hall–Kier alpha value is -2.70. The summed E-state index contributed by atoms with van der Waals surface area (Å²) in [5.41, 5.74) is 1.80. The average molecular weight is 382 g/mol. The van der Waals surface area contributed by atoms with Crippen LogP contribution in [0.3, 0.4) is 0 Å². The zero-order chi connectivity index (χ0) is 19.9. The lowest BCUT2D eigenvalue weighted by atomic mass is 10.1. The molecule has 0 aliphatic heterocycles. The van der Waals surface area contributed by atoms with Crippen molar-refractivity contribution in [3.05, 3.63) is 41.6 Å². The summed E-state index contributed by atoms with van der Waals surface area (Å²) in [7, 11) is 0.